The lowest BCUT2D eigenvalue weighted by molar-refractivity contribution is -0.139. The molecule has 4 heteroatoms. The topological polar surface area (TPSA) is 74.6 Å². The number of carboxylic acids is 2. The van der Waals surface area contributed by atoms with Crippen LogP contribution in [0.4, 0.5) is 0 Å². The quantitative estimate of drug-likeness (QED) is 0.729. The Kier molecular flexibility index (Phi) is 5.36. The Morgan fingerprint density at radius 1 is 1.17 bits per heavy atom. The van der Waals surface area contributed by atoms with E-state index >= 15 is 0 Å². The average molecular weight is 250 g/mol. The zero-order chi connectivity index (χ0) is 13.5. The molecule has 0 aliphatic rings. The fourth-order valence-electron chi connectivity index (χ4n) is 2.01. The maximum Gasteiger partial charge on any atom is 0.335 e. The van der Waals surface area contributed by atoms with Crippen LogP contribution in [0.15, 0.2) is 24.3 Å². The van der Waals surface area contributed by atoms with Crippen LogP contribution in [0.25, 0.3) is 0 Å². The van der Waals surface area contributed by atoms with Gasteiger partial charge in [0, 0.05) is 0 Å². The van der Waals surface area contributed by atoms with E-state index in [2.05, 4.69) is 0 Å². The van der Waals surface area contributed by atoms with Crippen LogP contribution in [0.5, 0.6) is 0 Å². The Morgan fingerprint density at radius 3 is 2.39 bits per heavy atom. The Morgan fingerprint density at radius 2 is 1.83 bits per heavy atom. The first-order valence-electron chi connectivity index (χ1n) is 6.13. The first-order chi connectivity index (χ1) is 8.57. The SMILES string of the molecule is CCCCCC(C(=O)O)c1ccccc1C(=O)O. The van der Waals surface area contributed by atoms with Gasteiger partial charge in [-0.1, -0.05) is 44.4 Å². The Labute approximate surface area is 106 Å². The lowest BCUT2D eigenvalue weighted by Crippen LogP contribution is -2.15. The van der Waals surface area contributed by atoms with Gasteiger partial charge in [-0.05, 0) is 18.1 Å². The van der Waals surface area contributed by atoms with Gasteiger partial charge in [0.05, 0.1) is 11.5 Å². The van der Waals surface area contributed by atoms with Gasteiger partial charge in [-0.25, -0.2) is 4.79 Å². The van der Waals surface area contributed by atoms with Crippen molar-refractivity contribution in [2.75, 3.05) is 0 Å². The number of hydrogen-bond donors (Lipinski definition) is 2. The molecule has 0 aromatic heterocycles. The molecule has 0 amide bonds. The number of hydrogen-bond acceptors (Lipinski definition) is 2. The maximum atomic E-state index is 11.3. The van der Waals surface area contributed by atoms with Crippen LogP contribution >= 0.6 is 0 Å². The fourth-order valence-corrected chi connectivity index (χ4v) is 2.01. The molecule has 1 unspecified atom stereocenters. The minimum Gasteiger partial charge on any atom is -0.481 e. The molecule has 1 rings (SSSR count). The highest BCUT2D eigenvalue weighted by Crippen LogP contribution is 2.26. The van der Waals surface area contributed by atoms with Gasteiger partial charge in [-0.3, -0.25) is 4.79 Å². The van der Waals surface area contributed by atoms with E-state index in [1.165, 1.54) is 6.07 Å². The lowest BCUT2D eigenvalue weighted by Gasteiger charge is -2.14. The second kappa shape index (κ2) is 6.79. The van der Waals surface area contributed by atoms with Gasteiger partial charge in [0.15, 0.2) is 0 Å². The molecule has 0 bridgehead atoms. The van der Waals surface area contributed by atoms with Crippen molar-refractivity contribution in [3.05, 3.63) is 35.4 Å². The predicted molar refractivity (Wildman–Crippen MR) is 67.9 cm³/mol. The molecule has 0 saturated heterocycles. The van der Waals surface area contributed by atoms with Crippen molar-refractivity contribution in [1.82, 2.24) is 0 Å². The third-order valence-electron chi connectivity index (χ3n) is 2.96. The summed E-state index contributed by atoms with van der Waals surface area (Å²) in [6.45, 7) is 2.04. The summed E-state index contributed by atoms with van der Waals surface area (Å²) in [5.74, 6) is -2.77. The first kappa shape index (κ1) is 14.2. The number of carboxylic acid groups (broad SMARTS) is 2. The van der Waals surface area contributed by atoms with Gasteiger partial charge in [0.1, 0.15) is 0 Å². The Bertz CT molecular complexity index is 426. The summed E-state index contributed by atoms with van der Waals surface area (Å²) in [6, 6.07) is 6.33. The third-order valence-corrected chi connectivity index (χ3v) is 2.96. The molecule has 0 spiro atoms. The highest BCUT2D eigenvalue weighted by molar-refractivity contribution is 5.92. The molecule has 1 aromatic carbocycles. The summed E-state index contributed by atoms with van der Waals surface area (Å²) in [5.41, 5.74) is 0.481. The average Bonchev–Trinajstić information content (AvgIpc) is 2.34. The molecule has 1 atom stereocenters. The highest BCUT2D eigenvalue weighted by Gasteiger charge is 2.24. The molecule has 1 aromatic rings. The van der Waals surface area contributed by atoms with Gasteiger partial charge >= 0.3 is 11.9 Å². The Hall–Kier alpha value is -1.84. The van der Waals surface area contributed by atoms with Crippen molar-refractivity contribution < 1.29 is 19.8 Å². The molecule has 0 aliphatic carbocycles. The molecule has 18 heavy (non-hydrogen) atoms. The third kappa shape index (κ3) is 3.58. The van der Waals surface area contributed by atoms with Crippen LogP contribution in [0.3, 0.4) is 0 Å². The molecule has 0 fully saturated rings. The second-order valence-corrected chi connectivity index (χ2v) is 4.28. The highest BCUT2D eigenvalue weighted by atomic mass is 16.4. The zero-order valence-corrected chi connectivity index (χ0v) is 10.4. The van der Waals surface area contributed by atoms with Crippen LogP contribution in [-0.2, 0) is 4.79 Å². The van der Waals surface area contributed by atoms with Gasteiger partial charge < -0.3 is 10.2 Å². The van der Waals surface area contributed by atoms with Crippen molar-refractivity contribution in [1.29, 1.82) is 0 Å². The number of rotatable bonds is 7. The summed E-state index contributed by atoms with van der Waals surface area (Å²) in [6.07, 6.45) is 3.24. The molecule has 2 N–H and O–H groups in total. The summed E-state index contributed by atoms with van der Waals surface area (Å²) >= 11 is 0. The molecule has 98 valence electrons. The summed E-state index contributed by atoms with van der Waals surface area (Å²) in [4.78, 5) is 22.4. The van der Waals surface area contributed by atoms with E-state index < -0.39 is 17.9 Å². The molecule has 4 nitrogen and oxygen atoms in total. The largest absolute Gasteiger partial charge is 0.481 e. The van der Waals surface area contributed by atoms with Crippen molar-refractivity contribution >= 4 is 11.9 Å². The van der Waals surface area contributed by atoms with E-state index in [9.17, 15) is 14.7 Å². The minimum absolute atomic E-state index is 0.0846. The van der Waals surface area contributed by atoms with Crippen LogP contribution in [-0.4, -0.2) is 22.2 Å². The van der Waals surface area contributed by atoms with Crippen LogP contribution in [0.2, 0.25) is 0 Å². The van der Waals surface area contributed by atoms with Crippen LogP contribution in [0.1, 0.15) is 54.4 Å². The summed E-state index contributed by atoms with van der Waals surface area (Å²) in [7, 11) is 0. The van der Waals surface area contributed by atoms with Gasteiger partial charge in [-0.2, -0.15) is 0 Å². The normalized spacial score (nSPS) is 12.1. The van der Waals surface area contributed by atoms with Gasteiger partial charge in [0.25, 0.3) is 0 Å². The molecular weight excluding hydrogens is 232 g/mol. The molecule has 0 aliphatic heterocycles. The number of unbranched alkanes of at least 4 members (excludes halogenated alkanes) is 2. The standard InChI is InChI=1S/C14H18O4/c1-2-3-4-8-11(13(15)16)10-7-5-6-9-12(10)14(17)18/h5-7,9,11H,2-4,8H2,1H3,(H,15,16)(H,17,18). The monoisotopic (exact) mass is 250 g/mol. The van der Waals surface area contributed by atoms with Crippen molar-refractivity contribution in [2.24, 2.45) is 0 Å². The number of aromatic carboxylic acids is 1. The van der Waals surface area contributed by atoms with E-state index in [0.717, 1.165) is 19.3 Å². The lowest BCUT2D eigenvalue weighted by atomic mass is 9.90. The van der Waals surface area contributed by atoms with E-state index in [1.807, 2.05) is 6.92 Å². The molecule has 0 saturated carbocycles. The van der Waals surface area contributed by atoms with E-state index in [0.29, 0.717) is 12.0 Å². The number of benzene rings is 1. The summed E-state index contributed by atoms with van der Waals surface area (Å²) in [5, 5.41) is 18.3. The second-order valence-electron chi connectivity index (χ2n) is 4.28. The van der Waals surface area contributed by atoms with Gasteiger partial charge in [0.2, 0.25) is 0 Å². The molecular formula is C14H18O4. The van der Waals surface area contributed by atoms with Crippen molar-refractivity contribution in [3.8, 4) is 0 Å². The zero-order valence-electron chi connectivity index (χ0n) is 10.4. The van der Waals surface area contributed by atoms with E-state index in [4.69, 9.17) is 5.11 Å². The predicted octanol–water partition coefficient (Wildman–Crippen LogP) is 3.13. The van der Waals surface area contributed by atoms with E-state index in [1.54, 1.807) is 18.2 Å². The van der Waals surface area contributed by atoms with Crippen LogP contribution in [0, 0.1) is 0 Å². The smallest absolute Gasteiger partial charge is 0.335 e. The molecule has 0 heterocycles. The summed E-state index contributed by atoms with van der Waals surface area (Å²) < 4.78 is 0. The fraction of sp³-hybridized carbons (Fsp3) is 0.429. The first-order valence-corrected chi connectivity index (χ1v) is 6.13. The number of aliphatic carboxylic acids is 1. The van der Waals surface area contributed by atoms with E-state index in [-0.39, 0.29) is 5.56 Å². The molecule has 0 radical (unpaired) electrons. The van der Waals surface area contributed by atoms with Crippen molar-refractivity contribution in [3.63, 3.8) is 0 Å². The van der Waals surface area contributed by atoms with Crippen molar-refractivity contribution in [2.45, 2.75) is 38.5 Å². The Balaban J connectivity index is 2.98. The van der Waals surface area contributed by atoms with Crippen LogP contribution < -0.4 is 0 Å². The maximum absolute atomic E-state index is 11.3. The minimum atomic E-state index is -1.08. The number of carbonyl (C=O) groups is 2. The van der Waals surface area contributed by atoms with Gasteiger partial charge in [-0.15, -0.1) is 0 Å².